The van der Waals surface area contributed by atoms with Crippen LogP contribution in [0.1, 0.15) is 64.7 Å². The monoisotopic (exact) mass is 479 g/mol. The summed E-state index contributed by atoms with van der Waals surface area (Å²) in [6.45, 7) is 2.55. The van der Waals surface area contributed by atoms with E-state index < -0.39 is 22.7 Å². The predicted molar refractivity (Wildman–Crippen MR) is 132 cm³/mol. The maximum atomic E-state index is 12.5. The fourth-order valence-corrected chi connectivity index (χ4v) is 9.06. The molecular weight excluding hydrogens is 442 g/mol. The van der Waals surface area contributed by atoms with Crippen molar-refractivity contribution in [1.29, 1.82) is 0 Å². The SMILES string of the molecule is C[C@]12CCC3C(CC[C@]4(O)C[C@@H](O)CC[C@]34C=Nc3ccccc3)[C@@]1(O)CC[C@@H]2C1=CC(=O)OC1. The number of hydrogen-bond acceptors (Lipinski definition) is 6. The number of fused-ring (bicyclic) bond motifs is 5. The van der Waals surface area contributed by atoms with E-state index in [9.17, 15) is 20.1 Å². The van der Waals surface area contributed by atoms with E-state index in [1.807, 2.05) is 36.5 Å². The third-order valence-corrected chi connectivity index (χ3v) is 10.8. The maximum absolute atomic E-state index is 12.5. The third kappa shape index (κ3) is 3.25. The normalized spacial score (nSPS) is 47.1. The van der Waals surface area contributed by atoms with Crippen LogP contribution < -0.4 is 0 Å². The molecule has 4 saturated carbocycles. The molecule has 0 amide bonds. The van der Waals surface area contributed by atoms with E-state index in [0.29, 0.717) is 38.7 Å². The molecule has 4 aliphatic carbocycles. The highest BCUT2D eigenvalue weighted by Crippen LogP contribution is 2.70. The van der Waals surface area contributed by atoms with E-state index in [1.165, 1.54) is 0 Å². The molecule has 188 valence electrons. The minimum Gasteiger partial charge on any atom is -0.458 e. The number of para-hydroxylation sites is 1. The van der Waals surface area contributed by atoms with Crippen molar-refractivity contribution in [2.45, 2.75) is 82.0 Å². The Morgan fingerprint density at radius 3 is 2.51 bits per heavy atom. The van der Waals surface area contributed by atoms with E-state index in [-0.39, 0.29) is 29.1 Å². The van der Waals surface area contributed by atoms with Crippen LogP contribution in [0.4, 0.5) is 5.69 Å². The average Bonchev–Trinajstić information content (AvgIpc) is 3.38. The minimum atomic E-state index is -1.03. The molecule has 0 spiro atoms. The highest BCUT2D eigenvalue weighted by Gasteiger charge is 2.71. The van der Waals surface area contributed by atoms with Crippen molar-refractivity contribution in [3.8, 4) is 0 Å². The molecule has 0 radical (unpaired) electrons. The largest absolute Gasteiger partial charge is 0.458 e. The van der Waals surface area contributed by atoms with E-state index in [0.717, 1.165) is 36.9 Å². The molecule has 6 heteroatoms. The Morgan fingerprint density at radius 2 is 1.77 bits per heavy atom. The van der Waals surface area contributed by atoms with Crippen LogP contribution in [0.2, 0.25) is 0 Å². The van der Waals surface area contributed by atoms with Gasteiger partial charge in [0.25, 0.3) is 0 Å². The number of hydrogen-bond donors (Lipinski definition) is 3. The second-order valence-electron chi connectivity index (χ2n) is 12.1. The third-order valence-electron chi connectivity index (χ3n) is 10.8. The van der Waals surface area contributed by atoms with Gasteiger partial charge in [-0.3, -0.25) is 4.99 Å². The number of esters is 1. The number of carbonyl (C=O) groups is 1. The molecule has 3 N–H and O–H groups in total. The Bertz CT molecular complexity index is 1070. The summed E-state index contributed by atoms with van der Waals surface area (Å²) >= 11 is 0. The molecule has 1 aromatic carbocycles. The Balaban J connectivity index is 1.39. The molecule has 8 atom stereocenters. The lowest BCUT2D eigenvalue weighted by Crippen LogP contribution is -2.68. The quantitative estimate of drug-likeness (QED) is 0.448. The highest BCUT2D eigenvalue weighted by atomic mass is 16.5. The molecule has 4 fully saturated rings. The zero-order chi connectivity index (χ0) is 24.5. The molecule has 0 aromatic heterocycles. The van der Waals surface area contributed by atoms with Gasteiger partial charge in [0, 0.05) is 29.5 Å². The van der Waals surface area contributed by atoms with Gasteiger partial charge in [0.05, 0.1) is 23.0 Å². The van der Waals surface area contributed by atoms with Gasteiger partial charge in [0.2, 0.25) is 0 Å². The molecule has 6 nitrogen and oxygen atoms in total. The van der Waals surface area contributed by atoms with Gasteiger partial charge < -0.3 is 20.1 Å². The fraction of sp³-hybridized carbons (Fsp3) is 0.655. The Hall–Kier alpha value is -2.02. The summed E-state index contributed by atoms with van der Waals surface area (Å²) in [7, 11) is 0. The van der Waals surface area contributed by atoms with Crippen LogP contribution in [-0.2, 0) is 9.53 Å². The van der Waals surface area contributed by atoms with Gasteiger partial charge in [-0.1, -0.05) is 25.1 Å². The van der Waals surface area contributed by atoms with Crippen LogP contribution in [0.25, 0.3) is 0 Å². The van der Waals surface area contributed by atoms with Crippen molar-refractivity contribution in [2.75, 3.05) is 6.61 Å². The molecule has 0 bridgehead atoms. The lowest BCUT2D eigenvalue weighted by Gasteiger charge is -2.65. The van der Waals surface area contributed by atoms with Crippen LogP contribution in [0.15, 0.2) is 47.0 Å². The number of cyclic esters (lactones) is 1. The van der Waals surface area contributed by atoms with Gasteiger partial charge in [0.1, 0.15) is 6.61 Å². The van der Waals surface area contributed by atoms with E-state index in [4.69, 9.17) is 9.73 Å². The van der Waals surface area contributed by atoms with E-state index >= 15 is 0 Å². The molecule has 1 heterocycles. The first-order valence-electron chi connectivity index (χ1n) is 13.3. The van der Waals surface area contributed by atoms with Gasteiger partial charge >= 0.3 is 5.97 Å². The van der Waals surface area contributed by atoms with Gasteiger partial charge in [-0.15, -0.1) is 0 Å². The molecule has 6 rings (SSSR count). The summed E-state index contributed by atoms with van der Waals surface area (Å²) < 4.78 is 5.24. The number of ether oxygens (including phenoxy) is 1. The van der Waals surface area contributed by atoms with Crippen LogP contribution >= 0.6 is 0 Å². The van der Waals surface area contributed by atoms with Gasteiger partial charge in [0.15, 0.2) is 0 Å². The molecule has 1 aromatic rings. The zero-order valence-electron chi connectivity index (χ0n) is 20.5. The average molecular weight is 480 g/mol. The second-order valence-corrected chi connectivity index (χ2v) is 12.1. The van der Waals surface area contributed by atoms with Crippen molar-refractivity contribution < 1.29 is 24.9 Å². The first-order valence-corrected chi connectivity index (χ1v) is 13.3. The summed E-state index contributed by atoms with van der Waals surface area (Å²) in [5.41, 5.74) is -0.907. The topological polar surface area (TPSA) is 99.4 Å². The smallest absolute Gasteiger partial charge is 0.331 e. The molecular formula is C29H37NO5. The Kier molecular flexibility index (Phi) is 5.34. The summed E-state index contributed by atoms with van der Waals surface area (Å²) in [6.07, 6.45) is 9.38. The highest BCUT2D eigenvalue weighted by molar-refractivity contribution is 5.85. The molecule has 5 aliphatic rings. The summed E-state index contributed by atoms with van der Waals surface area (Å²) in [6, 6.07) is 9.83. The first kappa shape index (κ1) is 23.4. The van der Waals surface area contributed by atoms with Crippen LogP contribution in [0, 0.1) is 28.6 Å². The number of rotatable bonds is 3. The minimum absolute atomic E-state index is 0.0441. The summed E-state index contributed by atoms with van der Waals surface area (Å²) in [5.74, 6) is 0.00575. The second kappa shape index (κ2) is 7.99. The Morgan fingerprint density at radius 1 is 1.00 bits per heavy atom. The number of nitrogens with zero attached hydrogens (tertiary/aromatic N) is 1. The lowest BCUT2D eigenvalue weighted by molar-refractivity contribution is -0.237. The first-order chi connectivity index (χ1) is 16.7. The number of aliphatic imine (C=N–C) groups is 1. The fourth-order valence-electron chi connectivity index (χ4n) is 9.06. The van der Waals surface area contributed by atoms with Gasteiger partial charge in [-0.2, -0.15) is 0 Å². The zero-order valence-corrected chi connectivity index (χ0v) is 20.5. The molecule has 1 aliphatic heterocycles. The number of aliphatic hydroxyl groups is 3. The van der Waals surface area contributed by atoms with Crippen LogP contribution in [0.3, 0.4) is 0 Å². The molecule has 0 saturated heterocycles. The van der Waals surface area contributed by atoms with Crippen molar-refractivity contribution in [2.24, 2.45) is 33.6 Å². The van der Waals surface area contributed by atoms with Crippen molar-refractivity contribution >= 4 is 17.9 Å². The number of carbonyl (C=O) groups excluding carboxylic acids is 1. The predicted octanol–water partition coefficient (Wildman–Crippen LogP) is 4.10. The summed E-state index contributed by atoms with van der Waals surface area (Å²) in [5, 5.41) is 35.1. The maximum Gasteiger partial charge on any atom is 0.331 e. The van der Waals surface area contributed by atoms with Crippen molar-refractivity contribution in [3.05, 3.63) is 42.0 Å². The van der Waals surface area contributed by atoms with Crippen LogP contribution in [-0.4, -0.2) is 51.4 Å². The molecule has 35 heavy (non-hydrogen) atoms. The van der Waals surface area contributed by atoms with Gasteiger partial charge in [-0.05, 0) is 86.8 Å². The van der Waals surface area contributed by atoms with Crippen LogP contribution in [0.5, 0.6) is 0 Å². The van der Waals surface area contributed by atoms with Gasteiger partial charge in [-0.25, -0.2) is 4.79 Å². The number of benzene rings is 1. The van der Waals surface area contributed by atoms with E-state index in [2.05, 4.69) is 6.92 Å². The van der Waals surface area contributed by atoms with Crippen molar-refractivity contribution in [3.63, 3.8) is 0 Å². The van der Waals surface area contributed by atoms with E-state index in [1.54, 1.807) is 6.08 Å². The standard InChI is InChI=1S/C29H37NO5/c1-26-11-8-23-24(29(26,34)14-10-22(26)19-15-25(32)35-17-19)9-13-28(33)16-21(31)7-12-27(23,28)18-30-20-5-3-2-4-6-20/h2-6,15,18,21-24,31,33-34H,7-14,16-17H2,1H3/t21-,22+,23?,24?,26+,27-,28-,29-/m0/s1. The summed E-state index contributed by atoms with van der Waals surface area (Å²) in [4.78, 5) is 16.7. The number of aliphatic hydroxyl groups excluding tert-OH is 1. The van der Waals surface area contributed by atoms with Crippen molar-refractivity contribution in [1.82, 2.24) is 0 Å². The molecule has 2 unspecified atom stereocenters. The lowest BCUT2D eigenvalue weighted by atomic mass is 9.41. The Labute approximate surface area is 207 Å².